The molecule has 0 spiro atoms. The molecule has 114 valence electrons. The summed E-state index contributed by atoms with van der Waals surface area (Å²) in [6.45, 7) is 4.01. The first-order chi connectivity index (χ1) is 10.7. The highest BCUT2D eigenvalue weighted by Gasteiger charge is 2.22. The molecule has 2 heterocycles. The predicted molar refractivity (Wildman–Crippen MR) is 86.9 cm³/mol. The monoisotopic (exact) mass is 315 g/mol. The van der Waals surface area contributed by atoms with Crippen LogP contribution in [0.2, 0.25) is 5.02 Å². The number of carbonyl (C=O) groups excluding carboxylic acids is 1. The Bertz CT molecular complexity index is 639. The first-order valence-electron chi connectivity index (χ1n) is 7.39. The molecule has 0 bridgehead atoms. The second kappa shape index (κ2) is 6.90. The molecule has 2 aromatic rings. The third kappa shape index (κ3) is 3.46. The quantitative estimate of drug-likeness (QED) is 0.874. The molecule has 5 heteroatoms. The summed E-state index contributed by atoms with van der Waals surface area (Å²) in [6, 6.07) is 11.5. The van der Waals surface area contributed by atoms with Gasteiger partial charge < -0.3 is 4.90 Å². The lowest BCUT2D eigenvalue weighted by atomic mass is 10.2. The first-order valence-corrected chi connectivity index (χ1v) is 7.77. The van der Waals surface area contributed by atoms with Crippen LogP contribution in [0.5, 0.6) is 0 Å². The minimum absolute atomic E-state index is 0.0606. The minimum atomic E-state index is 0.0606. The van der Waals surface area contributed by atoms with E-state index in [0.717, 1.165) is 43.3 Å². The van der Waals surface area contributed by atoms with Gasteiger partial charge in [0.05, 0.1) is 5.56 Å². The summed E-state index contributed by atoms with van der Waals surface area (Å²) in [7, 11) is 0. The smallest absolute Gasteiger partial charge is 0.255 e. The Balaban J connectivity index is 1.57. The zero-order valence-corrected chi connectivity index (χ0v) is 13.0. The van der Waals surface area contributed by atoms with E-state index in [1.54, 1.807) is 18.5 Å². The van der Waals surface area contributed by atoms with E-state index in [0.29, 0.717) is 5.56 Å². The maximum Gasteiger partial charge on any atom is 0.255 e. The van der Waals surface area contributed by atoms with Crippen molar-refractivity contribution in [2.24, 2.45) is 0 Å². The molecule has 1 aliphatic heterocycles. The summed E-state index contributed by atoms with van der Waals surface area (Å²) in [6.07, 6.45) is 3.30. The molecular weight excluding hydrogens is 298 g/mol. The molecule has 1 amide bonds. The Hall–Kier alpha value is -1.91. The van der Waals surface area contributed by atoms with Crippen molar-refractivity contribution >= 4 is 17.5 Å². The van der Waals surface area contributed by atoms with E-state index in [4.69, 9.17) is 11.6 Å². The maximum atomic E-state index is 12.4. The molecule has 0 N–H and O–H groups in total. The number of carbonyl (C=O) groups is 1. The van der Waals surface area contributed by atoms with Crippen LogP contribution in [0, 0.1) is 0 Å². The number of amides is 1. The van der Waals surface area contributed by atoms with Gasteiger partial charge in [0.1, 0.15) is 0 Å². The van der Waals surface area contributed by atoms with Crippen LogP contribution in [0.1, 0.15) is 15.9 Å². The van der Waals surface area contributed by atoms with Gasteiger partial charge in [-0.3, -0.25) is 14.7 Å². The van der Waals surface area contributed by atoms with E-state index >= 15 is 0 Å². The number of hydrogen-bond donors (Lipinski definition) is 0. The number of benzene rings is 1. The van der Waals surface area contributed by atoms with Crippen LogP contribution >= 0.6 is 11.6 Å². The van der Waals surface area contributed by atoms with Crippen molar-refractivity contribution in [1.82, 2.24) is 14.8 Å². The molecule has 0 aliphatic carbocycles. The van der Waals surface area contributed by atoms with Gasteiger partial charge in [0.25, 0.3) is 5.91 Å². The molecule has 0 atom stereocenters. The standard InChI is InChI=1S/C17H18ClN3O/c18-16-6-2-1-4-15(16)13-20-8-10-21(11-9-20)17(22)14-5-3-7-19-12-14/h1-7,12H,8-11,13H2. The zero-order valence-electron chi connectivity index (χ0n) is 12.3. The van der Waals surface area contributed by atoms with Gasteiger partial charge in [0.2, 0.25) is 0 Å². The summed E-state index contributed by atoms with van der Waals surface area (Å²) in [5, 5.41) is 0.802. The predicted octanol–water partition coefficient (Wildman–Crippen LogP) is 2.69. The van der Waals surface area contributed by atoms with Crippen LogP contribution in [0.15, 0.2) is 48.8 Å². The molecule has 1 aromatic heterocycles. The molecular formula is C17H18ClN3O. The minimum Gasteiger partial charge on any atom is -0.336 e. The molecule has 1 saturated heterocycles. The van der Waals surface area contributed by atoms with Crippen molar-refractivity contribution in [3.8, 4) is 0 Å². The number of aromatic nitrogens is 1. The van der Waals surface area contributed by atoms with Crippen LogP contribution in [0.4, 0.5) is 0 Å². The molecule has 0 unspecified atom stereocenters. The van der Waals surface area contributed by atoms with Crippen LogP contribution < -0.4 is 0 Å². The van der Waals surface area contributed by atoms with E-state index in [2.05, 4.69) is 16.0 Å². The third-order valence-corrected chi connectivity index (χ3v) is 4.29. The van der Waals surface area contributed by atoms with Crippen LogP contribution in [0.25, 0.3) is 0 Å². The Morgan fingerprint density at radius 2 is 1.86 bits per heavy atom. The van der Waals surface area contributed by atoms with Crippen LogP contribution in [-0.2, 0) is 6.54 Å². The third-order valence-electron chi connectivity index (χ3n) is 3.92. The van der Waals surface area contributed by atoms with Gasteiger partial charge in [0.15, 0.2) is 0 Å². The SMILES string of the molecule is O=C(c1cccnc1)N1CCN(Cc2ccccc2Cl)CC1. The van der Waals surface area contributed by atoms with Crippen LogP contribution in [-0.4, -0.2) is 46.9 Å². The number of piperazine rings is 1. The molecule has 0 radical (unpaired) electrons. The molecule has 1 aliphatic rings. The van der Waals surface area contributed by atoms with Crippen molar-refractivity contribution in [3.63, 3.8) is 0 Å². The highest BCUT2D eigenvalue weighted by atomic mass is 35.5. The molecule has 1 fully saturated rings. The number of halogens is 1. The largest absolute Gasteiger partial charge is 0.336 e. The average Bonchev–Trinajstić information content (AvgIpc) is 2.58. The van der Waals surface area contributed by atoms with Crippen molar-refractivity contribution < 1.29 is 4.79 Å². The molecule has 22 heavy (non-hydrogen) atoms. The number of rotatable bonds is 3. The van der Waals surface area contributed by atoms with Gasteiger partial charge in [-0.25, -0.2) is 0 Å². The van der Waals surface area contributed by atoms with Gasteiger partial charge in [0, 0.05) is 50.1 Å². The van der Waals surface area contributed by atoms with E-state index in [-0.39, 0.29) is 5.91 Å². The Morgan fingerprint density at radius 3 is 2.55 bits per heavy atom. The van der Waals surface area contributed by atoms with Crippen molar-refractivity contribution in [2.75, 3.05) is 26.2 Å². The Morgan fingerprint density at radius 1 is 1.09 bits per heavy atom. The fourth-order valence-electron chi connectivity index (χ4n) is 2.65. The fourth-order valence-corrected chi connectivity index (χ4v) is 2.84. The summed E-state index contributed by atoms with van der Waals surface area (Å²) in [4.78, 5) is 20.6. The number of hydrogen-bond acceptors (Lipinski definition) is 3. The molecule has 3 rings (SSSR count). The maximum absolute atomic E-state index is 12.4. The summed E-state index contributed by atoms with van der Waals surface area (Å²) in [5.74, 6) is 0.0606. The molecule has 1 aromatic carbocycles. The normalized spacial score (nSPS) is 15.8. The van der Waals surface area contributed by atoms with E-state index in [1.807, 2.05) is 29.2 Å². The molecule has 0 saturated carbocycles. The van der Waals surface area contributed by atoms with E-state index in [9.17, 15) is 4.79 Å². The Kier molecular flexibility index (Phi) is 4.71. The van der Waals surface area contributed by atoms with Gasteiger partial charge in [-0.15, -0.1) is 0 Å². The lowest BCUT2D eigenvalue weighted by Gasteiger charge is -2.34. The summed E-state index contributed by atoms with van der Waals surface area (Å²) >= 11 is 6.20. The van der Waals surface area contributed by atoms with Gasteiger partial charge in [-0.1, -0.05) is 29.8 Å². The van der Waals surface area contributed by atoms with Gasteiger partial charge >= 0.3 is 0 Å². The highest BCUT2D eigenvalue weighted by molar-refractivity contribution is 6.31. The highest BCUT2D eigenvalue weighted by Crippen LogP contribution is 2.18. The van der Waals surface area contributed by atoms with Gasteiger partial charge in [-0.2, -0.15) is 0 Å². The topological polar surface area (TPSA) is 36.4 Å². The number of nitrogens with zero attached hydrogens (tertiary/aromatic N) is 3. The van der Waals surface area contributed by atoms with Crippen molar-refractivity contribution in [2.45, 2.75) is 6.54 Å². The second-order valence-corrected chi connectivity index (χ2v) is 5.81. The van der Waals surface area contributed by atoms with Gasteiger partial charge in [-0.05, 0) is 23.8 Å². The first kappa shape index (κ1) is 15.0. The summed E-state index contributed by atoms with van der Waals surface area (Å²) < 4.78 is 0. The molecule has 4 nitrogen and oxygen atoms in total. The zero-order chi connectivity index (χ0) is 15.4. The van der Waals surface area contributed by atoms with Crippen molar-refractivity contribution in [3.05, 3.63) is 64.9 Å². The van der Waals surface area contributed by atoms with Crippen molar-refractivity contribution in [1.29, 1.82) is 0 Å². The Labute approximate surface area is 135 Å². The van der Waals surface area contributed by atoms with Crippen LogP contribution in [0.3, 0.4) is 0 Å². The summed E-state index contributed by atoms with van der Waals surface area (Å²) in [5.41, 5.74) is 1.79. The lowest BCUT2D eigenvalue weighted by Crippen LogP contribution is -2.48. The lowest BCUT2D eigenvalue weighted by molar-refractivity contribution is 0.0628. The van der Waals surface area contributed by atoms with E-state index < -0.39 is 0 Å². The van der Waals surface area contributed by atoms with E-state index in [1.165, 1.54) is 0 Å². The second-order valence-electron chi connectivity index (χ2n) is 5.40. The number of pyridine rings is 1. The average molecular weight is 316 g/mol. The fraction of sp³-hybridized carbons (Fsp3) is 0.294.